The highest BCUT2D eigenvalue weighted by atomic mass is 32.2. The molecule has 124 valence electrons. The van der Waals surface area contributed by atoms with Gasteiger partial charge in [-0.05, 0) is 71.1 Å². The molecule has 6 heteroatoms. The molecule has 2 fully saturated rings. The monoisotopic (exact) mass is 317 g/mol. The standard InChI is InChI=1S/C15H31N3O2S/c1-18-11-6-14(7-12-18)5-10-17-21(19,20)13-8-15-4-2-3-9-16-15/h14-17H,2-13H2,1H3. The Morgan fingerprint density at radius 1 is 1.14 bits per heavy atom. The molecule has 0 aromatic heterocycles. The lowest BCUT2D eigenvalue weighted by Crippen LogP contribution is -2.37. The summed E-state index contributed by atoms with van der Waals surface area (Å²) in [4.78, 5) is 2.35. The van der Waals surface area contributed by atoms with Gasteiger partial charge in [-0.1, -0.05) is 6.42 Å². The van der Waals surface area contributed by atoms with E-state index in [-0.39, 0.29) is 5.75 Å². The summed E-state index contributed by atoms with van der Waals surface area (Å²) in [5, 5.41) is 3.41. The van der Waals surface area contributed by atoms with Gasteiger partial charge in [-0.25, -0.2) is 13.1 Å². The van der Waals surface area contributed by atoms with Gasteiger partial charge in [-0.2, -0.15) is 0 Å². The third kappa shape index (κ3) is 6.63. The van der Waals surface area contributed by atoms with E-state index >= 15 is 0 Å². The topological polar surface area (TPSA) is 61.4 Å². The first-order valence-corrected chi connectivity index (χ1v) is 10.1. The first-order valence-electron chi connectivity index (χ1n) is 8.44. The third-order valence-corrected chi connectivity index (χ3v) is 6.28. The molecule has 0 bridgehead atoms. The van der Waals surface area contributed by atoms with E-state index in [1.165, 1.54) is 25.7 Å². The lowest BCUT2D eigenvalue weighted by molar-refractivity contribution is 0.213. The minimum absolute atomic E-state index is 0.262. The Bertz CT molecular complexity index is 386. The molecule has 0 radical (unpaired) electrons. The van der Waals surface area contributed by atoms with Crippen LogP contribution in [-0.2, 0) is 10.0 Å². The predicted molar refractivity (Wildman–Crippen MR) is 86.9 cm³/mol. The molecule has 0 saturated carbocycles. The Morgan fingerprint density at radius 2 is 1.90 bits per heavy atom. The van der Waals surface area contributed by atoms with Crippen LogP contribution in [0.2, 0.25) is 0 Å². The Morgan fingerprint density at radius 3 is 2.57 bits per heavy atom. The first-order chi connectivity index (χ1) is 10.1. The minimum atomic E-state index is -3.09. The number of nitrogens with one attached hydrogen (secondary N) is 2. The van der Waals surface area contributed by atoms with Crippen LogP contribution in [0, 0.1) is 5.92 Å². The molecule has 0 aliphatic carbocycles. The van der Waals surface area contributed by atoms with Crippen molar-refractivity contribution in [1.29, 1.82) is 0 Å². The molecule has 5 nitrogen and oxygen atoms in total. The molecule has 0 amide bonds. The van der Waals surface area contributed by atoms with E-state index in [2.05, 4.69) is 22.0 Å². The zero-order valence-corrected chi connectivity index (χ0v) is 14.1. The van der Waals surface area contributed by atoms with E-state index in [1.807, 2.05) is 0 Å². The maximum atomic E-state index is 12.0. The van der Waals surface area contributed by atoms with Crippen LogP contribution in [0.3, 0.4) is 0 Å². The third-order valence-electron chi connectivity index (χ3n) is 4.86. The molecule has 1 atom stereocenters. The van der Waals surface area contributed by atoms with Crippen molar-refractivity contribution in [3.8, 4) is 0 Å². The van der Waals surface area contributed by atoms with Gasteiger partial charge in [0.15, 0.2) is 0 Å². The van der Waals surface area contributed by atoms with E-state index < -0.39 is 10.0 Å². The number of hydrogen-bond donors (Lipinski definition) is 2. The summed E-state index contributed by atoms with van der Waals surface area (Å²) >= 11 is 0. The summed E-state index contributed by atoms with van der Waals surface area (Å²) in [5.41, 5.74) is 0. The highest BCUT2D eigenvalue weighted by Crippen LogP contribution is 2.18. The molecular formula is C15H31N3O2S. The molecule has 0 spiro atoms. The van der Waals surface area contributed by atoms with Gasteiger partial charge in [-0.3, -0.25) is 0 Å². The van der Waals surface area contributed by atoms with E-state index in [4.69, 9.17) is 0 Å². The number of piperidine rings is 2. The molecule has 0 aromatic rings. The van der Waals surface area contributed by atoms with Crippen LogP contribution >= 0.6 is 0 Å². The van der Waals surface area contributed by atoms with Gasteiger partial charge in [0.25, 0.3) is 0 Å². The van der Waals surface area contributed by atoms with Crippen LogP contribution < -0.4 is 10.0 Å². The second-order valence-electron chi connectivity index (χ2n) is 6.68. The zero-order chi connectivity index (χ0) is 15.1. The fourth-order valence-corrected chi connectivity index (χ4v) is 4.48. The molecular weight excluding hydrogens is 286 g/mol. The molecule has 0 aromatic carbocycles. The highest BCUT2D eigenvalue weighted by Gasteiger charge is 2.19. The number of hydrogen-bond acceptors (Lipinski definition) is 4. The Labute approximate surface area is 129 Å². The Kier molecular flexibility index (Phi) is 6.92. The van der Waals surface area contributed by atoms with Crippen molar-refractivity contribution >= 4 is 10.0 Å². The van der Waals surface area contributed by atoms with Gasteiger partial charge in [0.05, 0.1) is 5.75 Å². The van der Waals surface area contributed by atoms with Crippen molar-refractivity contribution in [1.82, 2.24) is 14.9 Å². The summed E-state index contributed by atoms with van der Waals surface area (Å²) < 4.78 is 26.8. The first kappa shape index (κ1) is 17.2. The zero-order valence-electron chi connectivity index (χ0n) is 13.3. The van der Waals surface area contributed by atoms with Crippen molar-refractivity contribution in [2.45, 2.75) is 51.0 Å². The molecule has 21 heavy (non-hydrogen) atoms. The highest BCUT2D eigenvalue weighted by molar-refractivity contribution is 7.89. The van der Waals surface area contributed by atoms with Crippen LogP contribution in [0.25, 0.3) is 0 Å². The van der Waals surface area contributed by atoms with Crippen LogP contribution in [0.15, 0.2) is 0 Å². The van der Waals surface area contributed by atoms with Crippen LogP contribution in [0.1, 0.15) is 44.9 Å². The Hall–Kier alpha value is -0.170. The van der Waals surface area contributed by atoms with Gasteiger partial charge in [0, 0.05) is 12.6 Å². The fourth-order valence-electron chi connectivity index (χ4n) is 3.31. The maximum Gasteiger partial charge on any atom is 0.211 e. The smallest absolute Gasteiger partial charge is 0.211 e. The van der Waals surface area contributed by atoms with Crippen LogP contribution in [0.5, 0.6) is 0 Å². The second kappa shape index (κ2) is 8.46. The lowest BCUT2D eigenvalue weighted by Gasteiger charge is -2.28. The van der Waals surface area contributed by atoms with E-state index in [9.17, 15) is 8.42 Å². The van der Waals surface area contributed by atoms with Gasteiger partial charge >= 0.3 is 0 Å². The number of sulfonamides is 1. The summed E-state index contributed by atoms with van der Waals surface area (Å²) in [6.45, 7) is 3.93. The quantitative estimate of drug-likeness (QED) is 0.740. The number of nitrogens with zero attached hydrogens (tertiary/aromatic N) is 1. The summed E-state index contributed by atoms with van der Waals surface area (Å²) in [5.74, 6) is 0.946. The second-order valence-corrected chi connectivity index (χ2v) is 8.61. The van der Waals surface area contributed by atoms with Gasteiger partial charge in [-0.15, -0.1) is 0 Å². The van der Waals surface area contributed by atoms with E-state index in [0.717, 1.165) is 38.9 Å². The van der Waals surface area contributed by atoms with Gasteiger partial charge in [0.1, 0.15) is 0 Å². The number of likely N-dealkylation sites (tertiary alicyclic amines) is 1. The molecule has 2 aliphatic heterocycles. The van der Waals surface area contributed by atoms with Crippen molar-refractivity contribution in [2.24, 2.45) is 5.92 Å². The predicted octanol–water partition coefficient (Wildman–Crippen LogP) is 1.17. The minimum Gasteiger partial charge on any atom is -0.314 e. The molecule has 2 rings (SSSR count). The normalized spacial score (nSPS) is 26.0. The lowest BCUT2D eigenvalue weighted by atomic mass is 9.94. The van der Waals surface area contributed by atoms with E-state index in [1.54, 1.807) is 0 Å². The van der Waals surface area contributed by atoms with Gasteiger partial charge in [0.2, 0.25) is 10.0 Å². The average Bonchev–Trinajstić information content (AvgIpc) is 2.48. The molecule has 2 saturated heterocycles. The summed E-state index contributed by atoms with van der Waals surface area (Å²) in [6, 6.07) is 0.393. The Balaban J connectivity index is 1.59. The van der Waals surface area contributed by atoms with Crippen molar-refractivity contribution < 1.29 is 8.42 Å². The molecule has 1 unspecified atom stereocenters. The van der Waals surface area contributed by atoms with Crippen LogP contribution in [0.4, 0.5) is 0 Å². The molecule has 2 aliphatic rings. The number of rotatable bonds is 7. The van der Waals surface area contributed by atoms with Crippen molar-refractivity contribution in [3.05, 3.63) is 0 Å². The van der Waals surface area contributed by atoms with E-state index in [0.29, 0.717) is 18.5 Å². The van der Waals surface area contributed by atoms with Crippen molar-refractivity contribution in [3.63, 3.8) is 0 Å². The van der Waals surface area contributed by atoms with Crippen molar-refractivity contribution in [2.75, 3.05) is 39.0 Å². The van der Waals surface area contributed by atoms with Crippen LogP contribution in [-0.4, -0.2) is 58.3 Å². The SMILES string of the molecule is CN1CCC(CCNS(=O)(=O)CCC2CCCCN2)CC1. The maximum absolute atomic E-state index is 12.0. The largest absolute Gasteiger partial charge is 0.314 e. The summed E-state index contributed by atoms with van der Waals surface area (Å²) in [6.07, 6.45) is 7.68. The summed E-state index contributed by atoms with van der Waals surface area (Å²) in [7, 11) is -0.942. The molecule has 2 heterocycles. The van der Waals surface area contributed by atoms with Gasteiger partial charge < -0.3 is 10.2 Å². The fraction of sp³-hybridized carbons (Fsp3) is 1.00. The molecule has 2 N–H and O–H groups in total. The average molecular weight is 317 g/mol.